The first-order valence-corrected chi connectivity index (χ1v) is 8.28. The Labute approximate surface area is 152 Å². The molecule has 1 aromatic heterocycles. The maximum absolute atomic E-state index is 13.8. The van der Waals surface area contributed by atoms with E-state index >= 15 is 0 Å². The summed E-state index contributed by atoms with van der Waals surface area (Å²) in [6.45, 7) is 1.44. The first-order chi connectivity index (χ1) is 12.8. The summed E-state index contributed by atoms with van der Waals surface area (Å²) in [5.74, 6) is -1.86. The van der Waals surface area contributed by atoms with Gasteiger partial charge in [0.15, 0.2) is 0 Å². The number of carbonyl (C=O) groups excluding carboxylic acids is 1. The van der Waals surface area contributed by atoms with Gasteiger partial charge >= 0.3 is 6.18 Å². The summed E-state index contributed by atoms with van der Waals surface area (Å²) in [7, 11) is 0. The molecule has 0 unspecified atom stereocenters. The maximum atomic E-state index is 13.8. The fourth-order valence-electron chi connectivity index (χ4n) is 2.92. The van der Waals surface area contributed by atoms with Crippen molar-refractivity contribution in [3.05, 3.63) is 59.3 Å². The minimum absolute atomic E-state index is 0.211. The molecule has 1 fully saturated rings. The monoisotopic (exact) mass is 385 g/mol. The predicted octanol–water partition coefficient (Wildman–Crippen LogP) is 3.73. The zero-order chi connectivity index (χ0) is 19.6. The number of aromatic nitrogens is 1. The van der Waals surface area contributed by atoms with Crippen LogP contribution < -0.4 is 4.90 Å². The number of hydrogen-bond donors (Lipinski definition) is 0. The second-order valence-electron chi connectivity index (χ2n) is 6.16. The lowest BCUT2D eigenvalue weighted by Gasteiger charge is -2.23. The molecule has 0 saturated carbocycles. The van der Waals surface area contributed by atoms with E-state index < -0.39 is 29.3 Å². The molecule has 9 heteroatoms. The Hall–Kier alpha value is -2.71. The van der Waals surface area contributed by atoms with Crippen molar-refractivity contribution >= 4 is 11.7 Å². The Balaban J connectivity index is 1.69. The fourth-order valence-corrected chi connectivity index (χ4v) is 2.92. The first kappa shape index (κ1) is 19.1. The Morgan fingerprint density at radius 1 is 1.00 bits per heavy atom. The summed E-state index contributed by atoms with van der Waals surface area (Å²) in [5.41, 5.74) is -1.04. The van der Waals surface area contributed by atoms with Gasteiger partial charge in [0.1, 0.15) is 17.5 Å². The highest BCUT2D eigenvalue weighted by atomic mass is 19.4. The molecule has 2 aromatic rings. The number of halogens is 5. The quantitative estimate of drug-likeness (QED) is 0.740. The summed E-state index contributed by atoms with van der Waals surface area (Å²) in [6, 6.07) is 5.03. The zero-order valence-corrected chi connectivity index (χ0v) is 14.1. The van der Waals surface area contributed by atoms with Crippen molar-refractivity contribution in [2.45, 2.75) is 12.6 Å². The highest BCUT2D eigenvalue weighted by Crippen LogP contribution is 2.29. The van der Waals surface area contributed by atoms with E-state index in [-0.39, 0.29) is 12.1 Å². The highest BCUT2D eigenvalue weighted by molar-refractivity contribution is 5.94. The van der Waals surface area contributed by atoms with Crippen LogP contribution in [0.25, 0.3) is 0 Å². The van der Waals surface area contributed by atoms with E-state index in [9.17, 15) is 26.7 Å². The van der Waals surface area contributed by atoms with Gasteiger partial charge in [-0.15, -0.1) is 0 Å². The number of amides is 1. The molecule has 1 aliphatic rings. The number of anilines is 1. The largest absolute Gasteiger partial charge is 0.417 e. The van der Waals surface area contributed by atoms with E-state index in [4.69, 9.17) is 0 Å². The Morgan fingerprint density at radius 3 is 2.41 bits per heavy atom. The molecular weight excluding hydrogens is 369 g/mol. The highest BCUT2D eigenvalue weighted by Gasteiger charge is 2.31. The van der Waals surface area contributed by atoms with E-state index in [0.29, 0.717) is 37.9 Å². The molecule has 0 atom stereocenters. The molecule has 1 aliphatic heterocycles. The van der Waals surface area contributed by atoms with Crippen molar-refractivity contribution in [1.29, 1.82) is 0 Å². The number of pyridine rings is 1. The van der Waals surface area contributed by atoms with E-state index in [0.717, 1.165) is 24.4 Å². The lowest BCUT2D eigenvalue weighted by molar-refractivity contribution is -0.137. The maximum Gasteiger partial charge on any atom is 0.417 e. The minimum atomic E-state index is -4.45. The molecule has 0 radical (unpaired) electrons. The van der Waals surface area contributed by atoms with Crippen LogP contribution in [-0.4, -0.2) is 42.0 Å². The van der Waals surface area contributed by atoms with E-state index in [1.807, 2.05) is 0 Å². The SMILES string of the molecule is O=C(c1ccc(F)cc1F)N1CCCN(c2ccc(C(F)(F)F)cn2)CC1. The topological polar surface area (TPSA) is 36.4 Å². The van der Waals surface area contributed by atoms with Crippen molar-refractivity contribution in [3.63, 3.8) is 0 Å². The Bertz CT molecular complexity index is 823. The summed E-state index contributed by atoms with van der Waals surface area (Å²) < 4.78 is 64.7. The molecule has 144 valence electrons. The van der Waals surface area contributed by atoms with Crippen LogP contribution in [0.15, 0.2) is 36.5 Å². The van der Waals surface area contributed by atoms with Crippen molar-refractivity contribution < 1.29 is 26.7 Å². The molecule has 1 aromatic carbocycles. The van der Waals surface area contributed by atoms with Crippen molar-refractivity contribution in [1.82, 2.24) is 9.88 Å². The zero-order valence-electron chi connectivity index (χ0n) is 14.1. The van der Waals surface area contributed by atoms with Gasteiger partial charge in [0.2, 0.25) is 0 Å². The van der Waals surface area contributed by atoms with Gasteiger partial charge in [0.25, 0.3) is 5.91 Å². The Morgan fingerprint density at radius 2 is 1.78 bits per heavy atom. The lowest BCUT2D eigenvalue weighted by atomic mass is 10.1. The van der Waals surface area contributed by atoms with Crippen molar-refractivity contribution in [2.24, 2.45) is 0 Å². The third-order valence-corrected chi connectivity index (χ3v) is 4.34. The van der Waals surface area contributed by atoms with E-state index in [1.54, 1.807) is 4.90 Å². The van der Waals surface area contributed by atoms with Gasteiger partial charge in [-0.3, -0.25) is 4.79 Å². The number of hydrogen-bond acceptors (Lipinski definition) is 3. The first-order valence-electron chi connectivity index (χ1n) is 8.28. The van der Waals surface area contributed by atoms with Gasteiger partial charge < -0.3 is 9.80 Å². The third kappa shape index (κ3) is 4.35. The summed E-state index contributed by atoms with van der Waals surface area (Å²) >= 11 is 0. The van der Waals surface area contributed by atoms with Crippen LogP contribution in [0.4, 0.5) is 27.8 Å². The molecular formula is C18H16F5N3O. The average molecular weight is 385 g/mol. The van der Waals surface area contributed by atoms with Crippen LogP contribution in [0, 0.1) is 11.6 Å². The molecule has 0 N–H and O–H groups in total. The van der Waals surface area contributed by atoms with Crippen LogP contribution in [0.5, 0.6) is 0 Å². The molecule has 0 bridgehead atoms. The van der Waals surface area contributed by atoms with Gasteiger partial charge in [0.05, 0.1) is 11.1 Å². The van der Waals surface area contributed by atoms with Crippen LogP contribution in [0.2, 0.25) is 0 Å². The van der Waals surface area contributed by atoms with E-state index in [1.165, 1.54) is 11.0 Å². The number of benzene rings is 1. The molecule has 0 spiro atoms. The third-order valence-electron chi connectivity index (χ3n) is 4.34. The second-order valence-corrected chi connectivity index (χ2v) is 6.16. The molecule has 4 nitrogen and oxygen atoms in total. The number of rotatable bonds is 2. The predicted molar refractivity (Wildman–Crippen MR) is 88.3 cm³/mol. The average Bonchev–Trinajstić information content (AvgIpc) is 2.87. The van der Waals surface area contributed by atoms with Gasteiger partial charge in [0, 0.05) is 38.4 Å². The molecule has 27 heavy (non-hydrogen) atoms. The molecule has 0 aliphatic carbocycles. The normalized spacial score (nSPS) is 15.6. The van der Waals surface area contributed by atoms with Gasteiger partial charge in [-0.2, -0.15) is 13.2 Å². The van der Waals surface area contributed by atoms with Gasteiger partial charge in [-0.05, 0) is 30.7 Å². The number of alkyl halides is 3. The van der Waals surface area contributed by atoms with Crippen LogP contribution in [0.3, 0.4) is 0 Å². The van der Waals surface area contributed by atoms with Gasteiger partial charge in [-0.1, -0.05) is 0 Å². The van der Waals surface area contributed by atoms with Crippen LogP contribution >= 0.6 is 0 Å². The summed E-state index contributed by atoms with van der Waals surface area (Å²) in [6.07, 6.45) is -3.14. The molecule has 1 saturated heterocycles. The smallest absolute Gasteiger partial charge is 0.355 e. The standard InChI is InChI=1S/C18H16F5N3O/c19-13-3-4-14(15(20)10-13)17(27)26-7-1-6-25(8-9-26)16-5-2-12(11-24-16)18(21,22)23/h2-5,10-11H,1,6-9H2. The van der Waals surface area contributed by atoms with Gasteiger partial charge in [-0.25, -0.2) is 13.8 Å². The summed E-state index contributed by atoms with van der Waals surface area (Å²) in [4.78, 5) is 19.6. The fraction of sp³-hybridized carbons (Fsp3) is 0.333. The lowest BCUT2D eigenvalue weighted by Crippen LogP contribution is -2.35. The summed E-state index contributed by atoms with van der Waals surface area (Å²) in [5, 5.41) is 0. The van der Waals surface area contributed by atoms with Crippen molar-refractivity contribution in [2.75, 3.05) is 31.1 Å². The molecule has 2 heterocycles. The number of carbonyl (C=O) groups is 1. The van der Waals surface area contributed by atoms with Crippen LogP contribution in [-0.2, 0) is 6.18 Å². The van der Waals surface area contributed by atoms with E-state index in [2.05, 4.69) is 4.98 Å². The second kappa shape index (κ2) is 7.50. The molecule has 3 rings (SSSR count). The minimum Gasteiger partial charge on any atom is -0.355 e. The molecule has 1 amide bonds. The van der Waals surface area contributed by atoms with Crippen molar-refractivity contribution in [3.8, 4) is 0 Å². The Kier molecular flexibility index (Phi) is 5.29. The number of nitrogens with zero attached hydrogens (tertiary/aromatic N) is 3. The van der Waals surface area contributed by atoms with Crippen LogP contribution in [0.1, 0.15) is 22.3 Å².